The predicted octanol–water partition coefficient (Wildman–Crippen LogP) is 7.98. The molecule has 4 rings (SSSR count). The summed E-state index contributed by atoms with van der Waals surface area (Å²) in [6, 6.07) is 14.9. The molecule has 12 heteroatoms. The number of benzene rings is 3. The number of nitrogens with zero attached hydrogens (tertiary/aromatic N) is 2. The Morgan fingerprint density at radius 1 is 1.09 bits per heavy atom. The van der Waals surface area contributed by atoms with Crippen molar-refractivity contribution in [2.75, 3.05) is 0 Å². The van der Waals surface area contributed by atoms with Gasteiger partial charge in [-0.25, -0.2) is 5.43 Å². The number of hydrogen-bond donors (Lipinski definition) is 1. The van der Waals surface area contributed by atoms with Gasteiger partial charge in [0.05, 0.1) is 35.0 Å². The number of nitro groups is 1. The van der Waals surface area contributed by atoms with Crippen molar-refractivity contribution in [1.82, 2.24) is 5.43 Å². The lowest BCUT2D eigenvalue weighted by Gasteiger charge is -2.12. The summed E-state index contributed by atoms with van der Waals surface area (Å²) >= 11 is 20.2. The van der Waals surface area contributed by atoms with Crippen LogP contribution in [0.3, 0.4) is 0 Å². The molecule has 1 N–H and O–H groups in total. The SMILES string of the molecule is O=C(N/N=C\c1cc(Br)c(OCc2ccc(Cl)c(Cl)c2)c(Br)c1)c1cc2cc([N+](=O)[O-])ccc2s1. The van der Waals surface area contributed by atoms with E-state index in [1.54, 1.807) is 36.4 Å². The van der Waals surface area contributed by atoms with Crippen molar-refractivity contribution in [3.05, 3.63) is 99.7 Å². The van der Waals surface area contributed by atoms with Gasteiger partial charge in [0.1, 0.15) is 12.4 Å². The lowest BCUT2D eigenvalue weighted by molar-refractivity contribution is -0.384. The Hall–Kier alpha value is -2.50. The molecule has 0 radical (unpaired) electrons. The van der Waals surface area contributed by atoms with Crippen molar-refractivity contribution in [3.63, 3.8) is 0 Å². The van der Waals surface area contributed by atoms with E-state index in [0.29, 0.717) is 40.6 Å². The summed E-state index contributed by atoms with van der Waals surface area (Å²) in [5.74, 6) is 0.182. The highest BCUT2D eigenvalue weighted by atomic mass is 79.9. The molecule has 0 unspecified atom stereocenters. The second-order valence-corrected chi connectivity index (χ2v) is 10.7. The first-order valence-corrected chi connectivity index (χ1v) is 12.9. The number of ether oxygens (including phenoxy) is 1. The van der Waals surface area contributed by atoms with Crippen LogP contribution in [0.25, 0.3) is 10.1 Å². The van der Waals surface area contributed by atoms with Gasteiger partial charge in [0.15, 0.2) is 0 Å². The molecule has 7 nitrogen and oxygen atoms in total. The Balaban J connectivity index is 1.41. The quantitative estimate of drug-likeness (QED) is 0.124. The topological polar surface area (TPSA) is 93.8 Å². The van der Waals surface area contributed by atoms with Gasteiger partial charge in [-0.05, 0) is 79.4 Å². The summed E-state index contributed by atoms with van der Waals surface area (Å²) in [4.78, 5) is 23.3. The van der Waals surface area contributed by atoms with Crippen molar-refractivity contribution >= 4 is 94.3 Å². The normalized spacial score (nSPS) is 11.2. The van der Waals surface area contributed by atoms with E-state index in [9.17, 15) is 14.9 Å². The standard InChI is InChI=1S/C23H13Br2Cl2N3O4S/c24-16-5-13(6-17(25)22(16)34-11-12-1-3-18(26)19(27)7-12)10-28-29-23(31)21-9-14-8-15(30(32)33)2-4-20(14)35-21/h1-10H,11H2,(H,29,31)/b28-10-. The molecule has 1 amide bonds. The van der Waals surface area contributed by atoms with E-state index in [1.807, 2.05) is 6.07 Å². The fourth-order valence-electron chi connectivity index (χ4n) is 3.05. The van der Waals surface area contributed by atoms with Crippen LogP contribution < -0.4 is 10.2 Å². The largest absolute Gasteiger partial charge is 0.487 e. The molecule has 0 aliphatic heterocycles. The average Bonchev–Trinajstić information content (AvgIpc) is 3.24. The molecule has 0 atom stereocenters. The Labute approximate surface area is 230 Å². The molecule has 0 aliphatic carbocycles. The maximum atomic E-state index is 12.5. The lowest BCUT2D eigenvalue weighted by Crippen LogP contribution is -2.16. The number of amides is 1. The first kappa shape index (κ1) is 25.6. The minimum absolute atomic E-state index is 0.0270. The molecule has 0 saturated heterocycles. The maximum absolute atomic E-state index is 12.5. The number of halogens is 4. The summed E-state index contributed by atoms with van der Waals surface area (Å²) in [6.07, 6.45) is 1.49. The predicted molar refractivity (Wildman–Crippen MR) is 146 cm³/mol. The third-order valence-corrected chi connectivity index (χ3v) is 7.73. The number of carbonyl (C=O) groups is 1. The van der Waals surface area contributed by atoms with Gasteiger partial charge in [-0.2, -0.15) is 5.10 Å². The zero-order valence-electron chi connectivity index (χ0n) is 17.4. The third kappa shape index (κ3) is 6.20. The number of thiophene rings is 1. The fourth-order valence-corrected chi connectivity index (χ4v) is 5.76. The summed E-state index contributed by atoms with van der Waals surface area (Å²) in [7, 11) is 0. The van der Waals surface area contributed by atoms with Gasteiger partial charge >= 0.3 is 0 Å². The maximum Gasteiger partial charge on any atom is 0.281 e. The summed E-state index contributed by atoms with van der Waals surface area (Å²) < 4.78 is 8.05. The minimum atomic E-state index is -0.471. The summed E-state index contributed by atoms with van der Waals surface area (Å²) in [6.45, 7) is 0.288. The number of non-ortho nitro benzene ring substituents is 1. The van der Waals surface area contributed by atoms with Gasteiger partial charge < -0.3 is 4.74 Å². The van der Waals surface area contributed by atoms with E-state index in [2.05, 4.69) is 42.4 Å². The molecule has 0 spiro atoms. The van der Waals surface area contributed by atoms with E-state index in [0.717, 1.165) is 10.3 Å². The number of rotatable bonds is 7. The molecule has 1 heterocycles. The fraction of sp³-hybridized carbons (Fsp3) is 0.0435. The number of carbonyl (C=O) groups excluding carboxylic acids is 1. The van der Waals surface area contributed by atoms with Gasteiger partial charge in [0, 0.05) is 22.2 Å². The molecule has 0 saturated carbocycles. The van der Waals surface area contributed by atoms with Crippen LogP contribution in [0.2, 0.25) is 10.0 Å². The summed E-state index contributed by atoms with van der Waals surface area (Å²) in [5, 5.41) is 16.5. The van der Waals surface area contributed by atoms with E-state index in [4.69, 9.17) is 27.9 Å². The lowest BCUT2D eigenvalue weighted by atomic mass is 10.2. The smallest absolute Gasteiger partial charge is 0.281 e. The molecule has 35 heavy (non-hydrogen) atoms. The van der Waals surface area contributed by atoms with Crippen molar-refractivity contribution in [3.8, 4) is 5.75 Å². The molecule has 1 aromatic heterocycles. The van der Waals surface area contributed by atoms with Gasteiger partial charge in [-0.1, -0.05) is 29.3 Å². The molecule has 0 bridgehead atoms. The van der Waals surface area contributed by atoms with Crippen LogP contribution in [0.15, 0.2) is 68.6 Å². The molecule has 4 aromatic rings. The number of nitrogens with one attached hydrogen (secondary N) is 1. The van der Waals surface area contributed by atoms with Crippen LogP contribution in [0, 0.1) is 10.1 Å². The molecular formula is C23H13Br2Cl2N3O4S. The zero-order valence-corrected chi connectivity index (χ0v) is 22.9. The molecule has 0 fully saturated rings. The highest BCUT2D eigenvalue weighted by Crippen LogP contribution is 2.35. The van der Waals surface area contributed by atoms with Crippen LogP contribution in [-0.2, 0) is 6.61 Å². The molecular weight excluding hydrogens is 645 g/mol. The van der Waals surface area contributed by atoms with Gasteiger partial charge in [0.2, 0.25) is 0 Å². The van der Waals surface area contributed by atoms with Crippen LogP contribution in [-0.4, -0.2) is 17.0 Å². The van der Waals surface area contributed by atoms with Crippen LogP contribution in [0.5, 0.6) is 5.75 Å². The van der Waals surface area contributed by atoms with Crippen LogP contribution in [0.4, 0.5) is 5.69 Å². The average molecular weight is 658 g/mol. The molecule has 178 valence electrons. The Morgan fingerprint density at radius 2 is 1.83 bits per heavy atom. The second-order valence-electron chi connectivity index (χ2n) is 7.14. The zero-order chi connectivity index (χ0) is 25.1. The molecule has 0 aliphatic rings. The third-order valence-electron chi connectivity index (χ3n) is 4.70. The Kier molecular flexibility index (Phi) is 8.08. The van der Waals surface area contributed by atoms with Crippen molar-refractivity contribution in [1.29, 1.82) is 0 Å². The second kappa shape index (κ2) is 11.0. The number of fused-ring (bicyclic) bond motifs is 1. The number of hydrazone groups is 1. The van der Waals surface area contributed by atoms with Gasteiger partial charge in [0.25, 0.3) is 11.6 Å². The van der Waals surface area contributed by atoms with E-state index >= 15 is 0 Å². The Morgan fingerprint density at radius 3 is 2.51 bits per heavy atom. The molecule has 3 aromatic carbocycles. The highest BCUT2D eigenvalue weighted by Gasteiger charge is 2.13. The number of nitro benzene ring substituents is 1. The first-order chi connectivity index (χ1) is 16.7. The van der Waals surface area contributed by atoms with E-state index in [1.165, 1.54) is 29.7 Å². The van der Waals surface area contributed by atoms with Crippen LogP contribution in [0.1, 0.15) is 20.8 Å². The van der Waals surface area contributed by atoms with E-state index in [-0.39, 0.29) is 12.3 Å². The van der Waals surface area contributed by atoms with E-state index < -0.39 is 10.8 Å². The van der Waals surface area contributed by atoms with Crippen molar-refractivity contribution in [2.24, 2.45) is 5.10 Å². The minimum Gasteiger partial charge on any atom is -0.487 e. The van der Waals surface area contributed by atoms with Crippen LogP contribution >= 0.6 is 66.4 Å². The van der Waals surface area contributed by atoms with Gasteiger partial charge in [-0.15, -0.1) is 11.3 Å². The first-order valence-electron chi connectivity index (χ1n) is 9.78. The number of hydrogen-bond acceptors (Lipinski definition) is 6. The van der Waals surface area contributed by atoms with Crippen molar-refractivity contribution < 1.29 is 14.5 Å². The summed E-state index contributed by atoms with van der Waals surface area (Å²) in [5.41, 5.74) is 4.02. The Bertz CT molecular complexity index is 1470. The van der Waals surface area contributed by atoms with Crippen molar-refractivity contribution in [2.45, 2.75) is 6.61 Å². The van der Waals surface area contributed by atoms with Gasteiger partial charge in [-0.3, -0.25) is 14.9 Å². The highest BCUT2D eigenvalue weighted by molar-refractivity contribution is 9.11. The monoisotopic (exact) mass is 655 g/mol.